The number of amides is 1. The molecule has 5 heteroatoms. The third-order valence-corrected chi connectivity index (χ3v) is 7.12. The molecule has 4 rings (SSSR count). The number of nitrogens with one attached hydrogen (secondary N) is 2. The standard InChI is InChI=1S/C29H40N4O/c1-19(2)8-12-30-18-27(34)33-14-10-22(11-15-33)23-6-7-26-25(17-23)28(20(3)4)29(32-26)24-9-13-31-21(5)16-24/h6-7,9,13,16-17,19-20,22,30,32H,8,10-12,14-15,18H2,1-5H3. The van der Waals surface area contributed by atoms with Crippen molar-refractivity contribution >= 4 is 16.8 Å². The van der Waals surface area contributed by atoms with Gasteiger partial charge < -0.3 is 15.2 Å². The van der Waals surface area contributed by atoms with Crippen LogP contribution in [0.4, 0.5) is 0 Å². The van der Waals surface area contributed by atoms with Crippen molar-refractivity contribution in [1.29, 1.82) is 0 Å². The quantitative estimate of drug-likeness (QED) is 0.405. The predicted octanol–water partition coefficient (Wildman–Crippen LogP) is 6.00. The molecule has 1 aliphatic rings. The van der Waals surface area contributed by atoms with Crippen molar-refractivity contribution in [3.05, 3.63) is 53.3 Å². The van der Waals surface area contributed by atoms with Crippen LogP contribution in [0.15, 0.2) is 36.5 Å². The summed E-state index contributed by atoms with van der Waals surface area (Å²) in [5, 5.41) is 4.64. The third kappa shape index (κ3) is 5.52. The second-order valence-corrected chi connectivity index (χ2v) is 10.6. The Hall–Kier alpha value is -2.66. The summed E-state index contributed by atoms with van der Waals surface area (Å²) >= 11 is 0. The van der Waals surface area contributed by atoms with E-state index in [0.29, 0.717) is 24.3 Å². The number of rotatable bonds is 8. The van der Waals surface area contributed by atoms with Crippen LogP contribution in [-0.4, -0.2) is 47.0 Å². The first-order valence-electron chi connectivity index (χ1n) is 12.9. The number of benzene rings is 1. The van der Waals surface area contributed by atoms with Crippen molar-refractivity contribution in [2.45, 2.75) is 65.7 Å². The van der Waals surface area contributed by atoms with Gasteiger partial charge in [-0.2, -0.15) is 0 Å². The number of piperidine rings is 1. The molecular formula is C29H40N4O. The molecule has 0 radical (unpaired) electrons. The van der Waals surface area contributed by atoms with E-state index in [9.17, 15) is 4.79 Å². The molecule has 0 bridgehead atoms. The third-order valence-electron chi connectivity index (χ3n) is 7.12. The Balaban J connectivity index is 1.47. The van der Waals surface area contributed by atoms with Crippen molar-refractivity contribution in [3.8, 4) is 11.3 Å². The predicted molar refractivity (Wildman–Crippen MR) is 141 cm³/mol. The zero-order valence-corrected chi connectivity index (χ0v) is 21.4. The summed E-state index contributed by atoms with van der Waals surface area (Å²) in [6.07, 6.45) is 5.06. The molecule has 0 spiro atoms. The lowest BCUT2D eigenvalue weighted by atomic mass is 9.87. The highest BCUT2D eigenvalue weighted by Gasteiger charge is 2.25. The van der Waals surface area contributed by atoms with E-state index in [1.807, 2.05) is 18.0 Å². The molecular weight excluding hydrogens is 420 g/mol. The van der Waals surface area contributed by atoms with Gasteiger partial charge >= 0.3 is 0 Å². The first-order valence-corrected chi connectivity index (χ1v) is 12.9. The molecule has 34 heavy (non-hydrogen) atoms. The average molecular weight is 461 g/mol. The Bertz CT molecular complexity index is 1120. The second-order valence-electron chi connectivity index (χ2n) is 10.6. The largest absolute Gasteiger partial charge is 0.354 e. The summed E-state index contributed by atoms with van der Waals surface area (Å²) in [4.78, 5) is 22.7. The lowest BCUT2D eigenvalue weighted by Crippen LogP contribution is -2.42. The number of aromatic amines is 1. The smallest absolute Gasteiger partial charge is 0.236 e. The van der Waals surface area contributed by atoms with Gasteiger partial charge in [-0.3, -0.25) is 9.78 Å². The first-order chi connectivity index (χ1) is 16.3. The first kappa shape index (κ1) is 24.5. The molecule has 0 aliphatic carbocycles. The maximum Gasteiger partial charge on any atom is 0.236 e. The number of fused-ring (bicyclic) bond motifs is 1. The number of aryl methyl sites for hydroxylation is 1. The van der Waals surface area contributed by atoms with E-state index in [0.717, 1.165) is 44.6 Å². The molecule has 1 fully saturated rings. The average Bonchev–Trinajstić information content (AvgIpc) is 3.21. The van der Waals surface area contributed by atoms with Crippen LogP contribution in [0.1, 0.15) is 75.6 Å². The van der Waals surface area contributed by atoms with Gasteiger partial charge in [-0.25, -0.2) is 0 Å². The van der Waals surface area contributed by atoms with Crippen LogP contribution in [-0.2, 0) is 4.79 Å². The van der Waals surface area contributed by atoms with Crippen molar-refractivity contribution in [2.75, 3.05) is 26.2 Å². The molecule has 5 nitrogen and oxygen atoms in total. The van der Waals surface area contributed by atoms with Crippen molar-refractivity contribution < 1.29 is 4.79 Å². The maximum atomic E-state index is 12.6. The van der Waals surface area contributed by atoms with Gasteiger partial charge in [-0.1, -0.05) is 33.8 Å². The van der Waals surface area contributed by atoms with Gasteiger partial charge in [0, 0.05) is 41.4 Å². The van der Waals surface area contributed by atoms with Crippen LogP contribution in [0.25, 0.3) is 22.2 Å². The molecule has 1 amide bonds. The van der Waals surface area contributed by atoms with Gasteiger partial charge in [-0.05, 0) is 85.9 Å². The molecule has 1 saturated heterocycles. The fourth-order valence-electron chi connectivity index (χ4n) is 5.17. The number of likely N-dealkylation sites (tertiary alicyclic amines) is 1. The van der Waals surface area contributed by atoms with Gasteiger partial charge in [0.15, 0.2) is 0 Å². The monoisotopic (exact) mass is 460 g/mol. The van der Waals surface area contributed by atoms with Gasteiger partial charge in [0.05, 0.1) is 12.2 Å². The number of H-pyrrole nitrogens is 1. The van der Waals surface area contributed by atoms with Crippen molar-refractivity contribution in [1.82, 2.24) is 20.2 Å². The van der Waals surface area contributed by atoms with E-state index in [1.165, 1.54) is 33.3 Å². The van der Waals surface area contributed by atoms with Gasteiger partial charge in [0.25, 0.3) is 0 Å². The molecule has 182 valence electrons. The highest BCUT2D eigenvalue weighted by atomic mass is 16.2. The topological polar surface area (TPSA) is 61.0 Å². The minimum Gasteiger partial charge on any atom is -0.354 e. The molecule has 1 aromatic carbocycles. The van der Waals surface area contributed by atoms with E-state index in [2.05, 4.69) is 73.3 Å². The van der Waals surface area contributed by atoms with Gasteiger partial charge in [0.1, 0.15) is 0 Å². The minimum absolute atomic E-state index is 0.239. The van der Waals surface area contributed by atoms with Crippen LogP contribution in [0.2, 0.25) is 0 Å². The number of carbonyl (C=O) groups is 1. The van der Waals surface area contributed by atoms with E-state index in [4.69, 9.17) is 0 Å². The molecule has 3 aromatic rings. The summed E-state index contributed by atoms with van der Waals surface area (Å²) in [7, 11) is 0. The number of nitrogens with zero attached hydrogens (tertiary/aromatic N) is 2. The number of aromatic nitrogens is 2. The fraction of sp³-hybridized carbons (Fsp3) is 0.517. The van der Waals surface area contributed by atoms with E-state index in [1.54, 1.807) is 0 Å². The van der Waals surface area contributed by atoms with Gasteiger partial charge in [0.2, 0.25) is 5.91 Å². The van der Waals surface area contributed by atoms with Crippen LogP contribution in [0.3, 0.4) is 0 Å². The summed E-state index contributed by atoms with van der Waals surface area (Å²) in [5.74, 6) is 1.82. The molecule has 1 aliphatic heterocycles. The van der Waals surface area contributed by atoms with Crippen molar-refractivity contribution in [3.63, 3.8) is 0 Å². The van der Waals surface area contributed by atoms with Gasteiger partial charge in [-0.15, -0.1) is 0 Å². The highest BCUT2D eigenvalue weighted by Crippen LogP contribution is 2.38. The minimum atomic E-state index is 0.239. The fourth-order valence-corrected chi connectivity index (χ4v) is 5.17. The van der Waals surface area contributed by atoms with E-state index >= 15 is 0 Å². The molecule has 0 saturated carbocycles. The van der Waals surface area contributed by atoms with Crippen molar-refractivity contribution in [2.24, 2.45) is 5.92 Å². The summed E-state index contributed by atoms with van der Waals surface area (Å²) in [5.41, 5.74) is 7.40. The zero-order valence-electron chi connectivity index (χ0n) is 21.4. The highest BCUT2D eigenvalue weighted by molar-refractivity contribution is 5.92. The summed E-state index contributed by atoms with van der Waals surface area (Å²) in [6, 6.07) is 11.2. The number of hydrogen-bond acceptors (Lipinski definition) is 3. The summed E-state index contributed by atoms with van der Waals surface area (Å²) in [6.45, 7) is 14.1. The Kier molecular flexibility index (Phi) is 7.72. The Morgan fingerprint density at radius 2 is 1.91 bits per heavy atom. The molecule has 2 N–H and O–H groups in total. The normalized spacial score (nSPS) is 15.1. The number of carbonyl (C=O) groups excluding carboxylic acids is 1. The molecule has 0 atom stereocenters. The zero-order chi connectivity index (χ0) is 24.2. The molecule has 2 aromatic heterocycles. The Morgan fingerprint density at radius 1 is 1.15 bits per heavy atom. The summed E-state index contributed by atoms with van der Waals surface area (Å²) < 4.78 is 0. The second kappa shape index (κ2) is 10.7. The molecule has 3 heterocycles. The molecule has 0 unspecified atom stereocenters. The van der Waals surface area contributed by atoms with Crippen LogP contribution >= 0.6 is 0 Å². The Morgan fingerprint density at radius 3 is 2.59 bits per heavy atom. The Labute approximate surface area is 204 Å². The number of pyridine rings is 1. The van der Waals surface area contributed by atoms with E-state index < -0.39 is 0 Å². The maximum absolute atomic E-state index is 12.6. The SMILES string of the molecule is Cc1cc(-c2[nH]c3ccc(C4CCN(C(=O)CNCCC(C)C)CC4)cc3c2C(C)C)ccn1. The number of hydrogen-bond donors (Lipinski definition) is 2. The van der Waals surface area contributed by atoms with Crippen LogP contribution < -0.4 is 5.32 Å². The lowest BCUT2D eigenvalue weighted by molar-refractivity contribution is -0.131. The van der Waals surface area contributed by atoms with Crippen LogP contribution in [0, 0.1) is 12.8 Å². The van der Waals surface area contributed by atoms with E-state index in [-0.39, 0.29) is 5.91 Å². The lowest BCUT2D eigenvalue weighted by Gasteiger charge is -2.32. The van der Waals surface area contributed by atoms with Crippen LogP contribution in [0.5, 0.6) is 0 Å².